The number of fused-ring (bicyclic) bond motifs is 2. The minimum Gasteiger partial charge on any atom is -0.395 e. The first kappa shape index (κ1) is 24.1. The summed E-state index contributed by atoms with van der Waals surface area (Å²) < 4.78 is 14.3. The number of para-hydroxylation sites is 1. The Morgan fingerprint density at radius 1 is 1.14 bits per heavy atom. The van der Waals surface area contributed by atoms with Crippen molar-refractivity contribution in [3.8, 4) is 16.6 Å². The lowest BCUT2D eigenvalue weighted by Crippen LogP contribution is -2.23. The fourth-order valence-corrected chi connectivity index (χ4v) is 4.99. The Kier molecular flexibility index (Phi) is 6.64. The first-order chi connectivity index (χ1) is 18.0. The number of rotatable bonds is 6. The number of aliphatic hydroxyl groups is 1. The van der Waals surface area contributed by atoms with E-state index in [2.05, 4.69) is 15.6 Å². The number of halogens is 1. The Bertz CT molecular complexity index is 1560. The highest BCUT2D eigenvalue weighted by Gasteiger charge is 2.25. The molecule has 1 aliphatic rings. The van der Waals surface area contributed by atoms with E-state index in [0.717, 1.165) is 10.9 Å². The summed E-state index contributed by atoms with van der Waals surface area (Å²) in [5.74, 6) is -1.19. The molecular weight excluding hydrogens is 493 g/mol. The zero-order valence-corrected chi connectivity index (χ0v) is 20.2. The highest BCUT2D eigenvalue weighted by atomic mass is 32.1. The SMILES string of the molecule is N#Cc1ccc(-c2ncc(CNC(=O)c3ccc4c(c3)NC(=O)c3ccccc3N4CCO)s2)c(F)c1. The molecule has 0 aliphatic carbocycles. The molecule has 3 N–H and O–H groups in total. The van der Waals surface area contributed by atoms with Crippen LogP contribution in [-0.4, -0.2) is 35.1 Å². The van der Waals surface area contributed by atoms with Crippen LogP contribution < -0.4 is 15.5 Å². The lowest BCUT2D eigenvalue weighted by molar-refractivity contribution is 0.0950. The summed E-state index contributed by atoms with van der Waals surface area (Å²) in [7, 11) is 0. The third-order valence-corrected chi connectivity index (χ3v) is 6.90. The number of hydrogen-bond acceptors (Lipinski definition) is 7. The van der Waals surface area contributed by atoms with Crippen molar-refractivity contribution < 1.29 is 19.1 Å². The van der Waals surface area contributed by atoms with E-state index in [1.165, 1.54) is 23.5 Å². The quantitative estimate of drug-likeness (QED) is 0.351. The van der Waals surface area contributed by atoms with Crippen LogP contribution in [0.5, 0.6) is 0 Å². The van der Waals surface area contributed by atoms with Gasteiger partial charge in [0.2, 0.25) is 0 Å². The first-order valence-electron chi connectivity index (χ1n) is 11.3. The molecule has 0 spiro atoms. The van der Waals surface area contributed by atoms with Gasteiger partial charge in [-0.15, -0.1) is 11.3 Å². The number of amides is 2. The van der Waals surface area contributed by atoms with E-state index in [0.29, 0.717) is 33.2 Å². The molecule has 1 aliphatic heterocycles. The second-order valence-electron chi connectivity index (χ2n) is 8.20. The number of aliphatic hydroxyl groups excluding tert-OH is 1. The van der Waals surface area contributed by atoms with Gasteiger partial charge in [-0.1, -0.05) is 12.1 Å². The van der Waals surface area contributed by atoms with E-state index in [4.69, 9.17) is 5.26 Å². The topological polar surface area (TPSA) is 118 Å². The van der Waals surface area contributed by atoms with Crippen molar-refractivity contribution in [1.29, 1.82) is 5.26 Å². The number of hydrogen-bond donors (Lipinski definition) is 3. The van der Waals surface area contributed by atoms with Crippen LogP contribution in [0.3, 0.4) is 0 Å². The Morgan fingerprint density at radius 3 is 2.76 bits per heavy atom. The summed E-state index contributed by atoms with van der Waals surface area (Å²) in [6, 6.07) is 18.2. The van der Waals surface area contributed by atoms with Gasteiger partial charge >= 0.3 is 0 Å². The number of carbonyl (C=O) groups excluding carboxylic acids is 2. The van der Waals surface area contributed by atoms with Crippen molar-refractivity contribution in [2.75, 3.05) is 23.4 Å². The fraction of sp³-hybridized carbons (Fsp3) is 0.111. The average Bonchev–Trinajstić information content (AvgIpc) is 3.35. The maximum atomic E-state index is 14.3. The van der Waals surface area contributed by atoms with Crippen molar-refractivity contribution in [1.82, 2.24) is 10.3 Å². The van der Waals surface area contributed by atoms with E-state index in [1.54, 1.807) is 36.5 Å². The average molecular weight is 514 g/mol. The molecule has 2 amide bonds. The molecule has 2 heterocycles. The van der Waals surface area contributed by atoms with Crippen molar-refractivity contribution in [2.45, 2.75) is 6.54 Å². The maximum Gasteiger partial charge on any atom is 0.257 e. The number of nitriles is 1. The van der Waals surface area contributed by atoms with Gasteiger partial charge in [0, 0.05) is 28.7 Å². The molecule has 3 aromatic carbocycles. The highest BCUT2D eigenvalue weighted by Crippen LogP contribution is 2.38. The molecule has 0 saturated heterocycles. The van der Waals surface area contributed by atoms with Crippen molar-refractivity contribution >= 4 is 40.2 Å². The van der Waals surface area contributed by atoms with E-state index in [1.807, 2.05) is 23.1 Å². The maximum absolute atomic E-state index is 14.3. The molecule has 0 bridgehead atoms. The van der Waals surface area contributed by atoms with E-state index in [9.17, 15) is 19.1 Å². The lowest BCUT2D eigenvalue weighted by atomic mass is 10.1. The summed E-state index contributed by atoms with van der Waals surface area (Å²) >= 11 is 1.24. The summed E-state index contributed by atoms with van der Waals surface area (Å²) in [5.41, 5.74) is 3.13. The monoisotopic (exact) mass is 513 g/mol. The normalized spacial score (nSPS) is 12.1. The molecule has 0 saturated carbocycles. The third-order valence-electron chi connectivity index (χ3n) is 5.87. The number of benzene rings is 3. The van der Waals surface area contributed by atoms with Gasteiger partial charge < -0.3 is 20.6 Å². The zero-order valence-electron chi connectivity index (χ0n) is 19.4. The summed E-state index contributed by atoms with van der Waals surface area (Å²) in [6.45, 7) is 0.339. The molecule has 0 fully saturated rings. The Morgan fingerprint density at radius 2 is 1.97 bits per heavy atom. The molecule has 37 heavy (non-hydrogen) atoms. The standard InChI is InChI=1S/C27H20FN5O3S/c28-21-11-16(13-29)5-7-19(21)27-31-15-18(37-27)14-30-25(35)17-6-8-24-22(12-17)32-26(36)20-3-1-2-4-23(20)33(24)9-10-34/h1-8,11-12,15,34H,9-10,14H2,(H,30,35)(H,32,36). The zero-order chi connectivity index (χ0) is 25.9. The Labute approximate surface area is 215 Å². The van der Waals surface area contributed by atoms with Crippen LogP contribution >= 0.6 is 11.3 Å². The van der Waals surface area contributed by atoms with Crippen LogP contribution in [0.4, 0.5) is 21.5 Å². The van der Waals surface area contributed by atoms with Crippen LogP contribution in [0.15, 0.2) is 66.9 Å². The van der Waals surface area contributed by atoms with E-state index in [-0.39, 0.29) is 42.6 Å². The molecule has 184 valence electrons. The highest BCUT2D eigenvalue weighted by molar-refractivity contribution is 7.15. The van der Waals surface area contributed by atoms with E-state index < -0.39 is 5.82 Å². The van der Waals surface area contributed by atoms with Crippen LogP contribution in [0, 0.1) is 17.1 Å². The molecule has 4 aromatic rings. The van der Waals surface area contributed by atoms with Crippen molar-refractivity contribution in [2.24, 2.45) is 0 Å². The number of thiazole rings is 1. The Hall–Kier alpha value is -4.59. The lowest BCUT2D eigenvalue weighted by Gasteiger charge is -2.25. The summed E-state index contributed by atoms with van der Waals surface area (Å²) in [6.07, 6.45) is 1.57. The largest absolute Gasteiger partial charge is 0.395 e. The van der Waals surface area contributed by atoms with Crippen LogP contribution in [0.25, 0.3) is 10.6 Å². The first-order valence-corrected chi connectivity index (χ1v) is 12.2. The molecule has 0 radical (unpaired) electrons. The molecule has 8 nitrogen and oxygen atoms in total. The third kappa shape index (κ3) is 4.78. The second kappa shape index (κ2) is 10.2. The molecule has 5 rings (SSSR count). The number of β-amino-alcohol motifs (C(OH)–C–C–N with tert-alkyl or cyclic N) is 1. The minimum absolute atomic E-state index is 0.118. The molecule has 10 heteroatoms. The van der Waals surface area contributed by atoms with Gasteiger partial charge in [0.25, 0.3) is 11.8 Å². The number of aromatic nitrogens is 1. The predicted molar refractivity (Wildman–Crippen MR) is 138 cm³/mol. The second-order valence-corrected chi connectivity index (χ2v) is 9.31. The molecular formula is C27H20FN5O3S. The number of anilines is 3. The molecule has 0 unspecified atom stereocenters. The number of carbonyl (C=O) groups is 2. The molecule has 1 aromatic heterocycles. The smallest absolute Gasteiger partial charge is 0.257 e. The number of nitrogens with one attached hydrogen (secondary N) is 2. The fourth-order valence-electron chi connectivity index (χ4n) is 4.12. The van der Waals surface area contributed by atoms with Gasteiger partial charge in [-0.2, -0.15) is 5.26 Å². The van der Waals surface area contributed by atoms with E-state index >= 15 is 0 Å². The van der Waals surface area contributed by atoms with Crippen LogP contribution in [0.1, 0.15) is 31.2 Å². The molecule has 0 atom stereocenters. The van der Waals surface area contributed by atoms with Gasteiger partial charge in [0.05, 0.1) is 47.4 Å². The van der Waals surface area contributed by atoms with Crippen molar-refractivity contribution in [3.63, 3.8) is 0 Å². The predicted octanol–water partition coefficient (Wildman–Crippen LogP) is 4.45. The summed E-state index contributed by atoms with van der Waals surface area (Å²) in [5, 5.41) is 24.7. The number of nitrogens with zero attached hydrogens (tertiary/aromatic N) is 3. The van der Waals surface area contributed by atoms with Crippen molar-refractivity contribution in [3.05, 3.63) is 94.2 Å². The Balaban J connectivity index is 1.33. The van der Waals surface area contributed by atoms with Gasteiger partial charge in [-0.25, -0.2) is 9.37 Å². The van der Waals surface area contributed by atoms with Crippen LogP contribution in [0.2, 0.25) is 0 Å². The van der Waals surface area contributed by atoms with Crippen LogP contribution in [-0.2, 0) is 6.54 Å². The summed E-state index contributed by atoms with van der Waals surface area (Å²) in [4.78, 5) is 32.6. The van der Waals surface area contributed by atoms with Gasteiger partial charge in [0.15, 0.2) is 0 Å². The van der Waals surface area contributed by atoms with Gasteiger partial charge in [-0.05, 0) is 48.5 Å². The van der Waals surface area contributed by atoms with Gasteiger partial charge in [0.1, 0.15) is 10.8 Å². The minimum atomic E-state index is -0.534. The van der Waals surface area contributed by atoms with Gasteiger partial charge in [-0.3, -0.25) is 9.59 Å².